The first kappa shape index (κ1) is 17.8. The normalized spacial score (nSPS) is 10.5. The lowest BCUT2D eigenvalue weighted by Crippen LogP contribution is -2.39. The second kappa shape index (κ2) is 7.46. The predicted molar refractivity (Wildman–Crippen MR) is 104 cm³/mol. The highest BCUT2D eigenvalue weighted by molar-refractivity contribution is 7.98. The molecule has 2 aromatic carbocycles. The highest BCUT2D eigenvalue weighted by Crippen LogP contribution is 2.22. The average Bonchev–Trinajstić information content (AvgIpc) is 2.65. The van der Waals surface area contributed by atoms with Crippen molar-refractivity contribution in [3.05, 3.63) is 81.0 Å². The molecule has 26 heavy (non-hydrogen) atoms. The summed E-state index contributed by atoms with van der Waals surface area (Å²) in [5.74, 6) is 0. The smallest absolute Gasteiger partial charge is 0.269 e. The van der Waals surface area contributed by atoms with Crippen LogP contribution in [0.3, 0.4) is 0 Å². The first-order valence-electron chi connectivity index (χ1n) is 8.00. The van der Waals surface area contributed by atoms with Gasteiger partial charge in [-0.05, 0) is 43.0 Å². The van der Waals surface area contributed by atoms with Crippen molar-refractivity contribution in [2.24, 2.45) is 0 Å². The Bertz CT molecular complexity index is 1090. The molecule has 0 radical (unpaired) electrons. The Labute approximate surface area is 155 Å². The van der Waals surface area contributed by atoms with Gasteiger partial charge >= 0.3 is 5.69 Å². The summed E-state index contributed by atoms with van der Waals surface area (Å²) in [5, 5.41) is 8.95. The Hall–Kier alpha value is -3.04. The number of thioether (sulfide) groups is 1. The molecule has 0 aliphatic rings. The van der Waals surface area contributed by atoms with E-state index >= 15 is 0 Å². The lowest BCUT2D eigenvalue weighted by Gasteiger charge is -2.15. The Morgan fingerprint density at radius 2 is 1.69 bits per heavy atom. The molecular formula is C20H17N3O2S. The van der Waals surface area contributed by atoms with Gasteiger partial charge in [0.05, 0.1) is 17.5 Å². The van der Waals surface area contributed by atoms with Gasteiger partial charge in [0.2, 0.25) is 0 Å². The van der Waals surface area contributed by atoms with Crippen LogP contribution < -0.4 is 11.2 Å². The molecule has 0 bridgehead atoms. The van der Waals surface area contributed by atoms with Gasteiger partial charge in [-0.15, -0.1) is 11.8 Å². The molecular weight excluding hydrogens is 346 g/mol. The maximum atomic E-state index is 13.0. The number of benzene rings is 2. The quantitative estimate of drug-likeness (QED) is 0.668. The van der Waals surface area contributed by atoms with Gasteiger partial charge in [-0.1, -0.05) is 29.8 Å². The summed E-state index contributed by atoms with van der Waals surface area (Å²) in [5.41, 5.74) is 2.00. The van der Waals surface area contributed by atoms with E-state index in [1.807, 2.05) is 67.8 Å². The van der Waals surface area contributed by atoms with Crippen LogP contribution in [0.2, 0.25) is 0 Å². The predicted octanol–water partition coefficient (Wildman–Crippen LogP) is 3.22. The SMILES string of the molecule is CSc1ccc(-n2c(-c3ccc(C)cc3)cc(=O)n(CC#N)c2=O)cc1. The van der Waals surface area contributed by atoms with Crippen LogP contribution in [0.1, 0.15) is 5.56 Å². The van der Waals surface area contributed by atoms with Gasteiger partial charge < -0.3 is 0 Å². The van der Waals surface area contributed by atoms with Crippen molar-refractivity contribution in [3.63, 3.8) is 0 Å². The highest BCUT2D eigenvalue weighted by Gasteiger charge is 2.14. The zero-order valence-electron chi connectivity index (χ0n) is 14.5. The molecule has 5 nitrogen and oxygen atoms in total. The van der Waals surface area contributed by atoms with E-state index in [9.17, 15) is 9.59 Å². The molecule has 0 aliphatic carbocycles. The number of hydrogen-bond acceptors (Lipinski definition) is 4. The summed E-state index contributed by atoms with van der Waals surface area (Å²) in [7, 11) is 0. The van der Waals surface area contributed by atoms with E-state index in [0.29, 0.717) is 11.4 Å². The fourth-order valence-electron chi connectivity index (χ4n) is 2.71. The summed E-state index contributed by atoms with van der Waals surface area (Å²) in [6.07, 6.45) is 1.98. The number of aryl methyl sites for hydroxylation is 1. The van der Waals surface area contributed by atoms with Crippen molar-refractivity contribution < 1.29 is 0 Å². The molecule has 130 valence electrons. The topological polar surface area (TPSA) is 67.8 Å². The van der Waals surface area contributed by atoms with Gasteiger partial charge in [0, 0.05) is 11.0 Å². The molecule has 1 heterocycles. The van der Waals surface area contributed by atoms with Crippen molar-refractivity contribution in [1.82, 2.24) is 9.13 Å². The lowest BCUT2D eigenvalue weighted by atomic mass is 10.1. The van der Waals surface area contributed by atoms with Crippen LogP contribution in [0.15, 0.2) is 69.1 Å². The van der Waals surface area contributed by atoms with Crippen LogP contribution in [0.4, 0.5) is 0 Å². The van der Waals surface area contributed by atoms with Crippen molar-refractivity contribution in [3.8, 4) is 23.0 Å². The Morgan fingerprint density at radius 1 is 1.04 bits per heavy atom. The van der Waals surface area contributed by atoms with Crippen LogP contribution in [-0.4, -0.2) is 15.4 Å². The second-order valence-corrected chi connectivity index (χ2v) is 6.67. The minimum Gasteiger partial charge on any atom is -0.269 e. The first-order valence-corrected chi connectivity index (χ1v) is 9.23. The molecule has 0 fully saturated rings. The van der Waals surface area contributed by atoms with Crippen LogP contribution in [0.5, 0.6) is 0 Å². The zero-order chi connectivity index (χ0) is 18.7. The van der Waals surface area contributed by atoms with Gasteiger partial charge in [0.25, 0.3) is 5.56 Å². The molecule has 0 atom stereocenters. The molecule has 6 heteroatoms. The fraction of sp³-hybridized carbons (Fsp3) is 0.150. The van der Waals surface area contributed by atoms with Crippen LogP contribution in [0, 0.1) is 18.3 Å². The van der Waals surface area contributed by atoms with Crippen molar-refractivity contribution in [1.29, 1.82) is 5.26 Å². The zero-order valence-corrected chi connectivity index (χ0v) is 15.3. The van der Waals surface area contributed by atoms with E-state index in [-0.39, 0.29) is 6.54 Å². The minimum absolute atomic E-state index is 0.283. The van der Waals surface area contributed by atoms with E-state index in [1.54, 1.807) is 11.8 Å². The van der Waals surface area contributed by atoms with Gasteiger partial charge in [-0.2, -0.15) is 5.26 Å². The van der Waals surface area contributed by atoms with E-state index in [2.05, 4.69) is 0 Å². The van der Waals surface area contributed by atoms with Crippen LogP contribution >= 0.6 is 11.8 Å². The van der Waals surface area contributed by atoms with E-state index in [0.717, 1.165) is 20.6 Å². The fourth-order valence-corrected chi connectivity index (χ4v) is 3.12. The molecule has 1 aromatic heterocycles. The van der Waals surface area contributed by atoms with Crippen LogP contribution in [-0.2, 0) is 6.54 Å². The maximum Gasteiger partial charge on any atom is 0.337 e. The molecule has 0 spiro atoms. The maximum absolute atomic E-state index is 13.0. The summed E-state index contributed by atoms with van der Waals surface area (Å²) < 4.78 is 2.42. The molecule has 3 aromatic rings. The van der Waals surface area contributed by atoms with E-state index < -0.39 is 11.2 Å². The molecule has 0 amide bonds. The first-order chi connectivity index (χ1) is 12.5. The molecule has 0 N–H and O–H groups in total. The Kier molecular flexibility index (Phi) is 5.10. The van der Waals surface area contributed by atoms with Gasteiger partial charge in [0.1, 0.15) is 6.54 Å². The number of nitrogens with zero attached hydrogens (tertiary/aromatic N) is 3. The monoisotopic (exact) mass is 363 g/mol. The van der Waals surface area contributed by atoms with E-state index in [1.165, 1.54) is 10.6 Å². The average molecular weight is 363 g/mol. The minimum atomic E-state index is -0.522. The lowest BCUT2D eigenvalue weighted by molar-refractivity contribution is 0.690. The number of nitriles is 1. The Balaban J connectivity index is 2.32. The molecule has 0 saturated carbocycles. The van der Waals surface area contributed by atoms with Gasteiger partial charge in [-0.25, -0.2) is 9.36 Å². The van der Waals surface area contributed by atoms with Crippen molar-refractivity contribution in [2.75, 3.05) is 6.26 Å². The number of aromatic nitrogens is 2. The van der Waals surface area contributed by atoms with Gasteiger partial charge in [-0.3, -0.25) is 9.36 Å². The third kappa shape index (κ3) is 3.35. The summed E-state index contributed by atoms with van der Waals surface area (Å²) in [6, 6.07) is 18.4. The van der Waals surface area contributed by atoms with Gasteiger partial charge in [0.15, 0.2) is 0 Å². The molecule has 0 saturated heterocycles. The molecule has 3 rings (SSSR count). The summed E-state index contributed by atoms with van der Waals surface area (Å²) in [4.78, 5) is 26.4. The van der Waals surface area contributed by atoms with Crippen LogP contribution in [0.25, 0.3) is 16.9 Å². The second-order valence-electron chi connectivity index (χ2n) is 5.79. The van der Waals surface area contributed by atoms with E-state index in [4.69, 9.17) is 5.26 Å². The third-order valence-corrected chi connectivity index (χ3v) is 4.84. The standard InChI is InChI=1S/C20H17N3O2S/c1-14-3-5-15(6-4-14)18-13-19(24)22(12-11-21)20(25)23(18)16-7-9-17(26-2)10-8-16/h3-10,13H,12H2,1-2H3. The summed E-state index contributed by atoms with van der Waals surface area (Å²) in [6.45, 7) is 1.69. The third-order valence-electron chi connectivity index (χ3n) is 4.10. The highest BCUT2D eigenvalue weighted by atomic mass is 32.2. The molecule has 0 unspecified atom stereocenters. The molecule has 0 aliphatic heterocycles. The van der Waals surface area contributed by atoms with Crippen molar-refractivity contribution >= 4 is 11.8 Å². The van der Waals surface area contributed by atoms with Crippen molar-refractivity contribution in [2.45, 2.75) is 18.4 Å². The summed E-state index contributed by atoms with van der Waals surface area (Å²) >= 11 is 1.61. The number of hydrogen-bond donors (Lipinski definition) is 0. The largest absolute Gasteiger partial charge is 0.337 e. The Morgan fingerprint density at radius 3 is 2.27 bits per heavy atom. The number of rotatable bonds is 4.